The molecule has 132 valence electrons. The van der Waals surface area contributed by atoms with Crippen molar-refractivity contribution in [2.45, 2.75) is 13.8 Å². The first-order chi connectivity index (χ1) is 12.4. The molecule has 2 N–H and O–H groups in total. The van der Waals surface area contributed by atoms with Gasteiger partial charge in [-0.15, -0.1) is 0 Å². The Balaban J connectivity index is 1.98. The lowest BCUT2D eigenvalue weighted by atomic mass is 10.1. The monoisotopic (exact) mass is 413 g/mol. The van der Waals surface area contributed by atoms with Gasteiger partial charge in [-0.3, -0.25) is 10.1 Å². The quantitative estimate of drug-likeness (QED) is 0.438. The Labute approximate surface area is 158 Å². The fourth-order valence-electron chi connectivity index (χ4n) is 2.59. The molecule has 0 saturated carbocycles. The Morgan fingerprint density at radius 3 is 2.00 bits per heavy atom. The summed E-state index contributed by atoms with van der Waals surface area (Å²) < 4.78 is 0.914. The van der Waals surface area contributed by atoms with Crippen LogP contribution >= 0.6 is 15.9 Å². The van der Waals surface area contributed by atoms with Gasteiger partial charge in [-0.05, 0) is 61.4 Å². The van der Waals surface area contributed by atoms with Crippen LogP contribution in [0, 0.1) is 24.0 Å². The van der Waals surface area contributed by atoms with Crippen molar-refractivity contribution in [2.24, 2.45) is 0 Å². The van der Waals surface area contributed by atoms with E-state index >= 15 is 0 Å². The summed E-state index contributed by atoms with van der Waals surface area (Å²) >= 11 is 3.36. The second-order valence-corrected chi connectivity index (χ2v) is 6.73. The molecular weight excluding hydrogens is 398 g/mol. The topological polar surface area (TPSA) is 93.0 Å². The minimum atomic E-state index is -0.494. The van der Waals surface area contributed by atoms with Crippen LogP contribution < -0.4 is 10.6 Å². The average molecular weight is 414 g/mol. The van der Waals surface area contributed by atoms with Gasteiger partial charge in [-0.1, -0.05) is 22.0 Å². The number of rotatable bonds is 5. The molecule has 0 saturated heterocycles. The lowest BCUT2D eigenvalue weighted by Crippen LogP contribution is -2.05. The molecule has 1 heterocycles. The Kier molecular flexibility index (Phi) is 5.13. The number of aromatic nitrogens is 2. The molecule has 0 unspecified atom stereocenters. The number of hydrogen-bond acceptors (Lipinski definition) is 6. The molecule has 3 rings (SSSR count). The first-order valence-electron chi connectivity index (χ1n) is 7.79. The van der Waals surface area contributed by atoms with Gasteiger partial charge < -0.3 is 10.6 Å². The van der Waals surface area contributed by atoms with Crippen LogP contribution in [-0.4, -0.2) is 14.9 Å². The maximum Gasteiger partial charge on any atom is 0.353 e. The van der Waals surface area contributed by atoms with Crippen molar-refractivity contribution in [2.75, 3.05) is 10.6 Å². The predicted octanol–water partition coefficient (Wildman–Crippen LogP) is 5.25. The van der Waals surface area contributed by atoms with Gasteiger partial charge in [0.1, 0.15) is 6.33 Å². The van der Waals surface area contributed by atoms with Gasteiger partial charge in [0.25, 0.3) is 0 Å². The third-order valence-electron chi connectivity index (χ3n) is 3.60. The van der Waals surface area contributed by atoms with Gasteiger partial charge in [0, 0.05) is 15.8 Å². The van der Waals surface area contributed by atoms with E-state index in [4.69, 9.17) is 0 Å². The molecule has 1 aromatic heterocycles. The highest BCUT2D eigenvalue weighted by atomic mass is 79.9. The lowest BCUT2D eigenvalue weighted by Gasteiger charge is -2.11. The molecule has 0 aliphatic carbocycles. The summed E-state index contributed by atoms with van der Waals surface area (Å²) in [6.07, 6.45) is 1.29. The molecule has 0 aliphatic heterocycles. The van der Waals surface area contributed by atoms with Crippen LogP contribution in [0.3, 0.4) is 0 Å². The zero-order valence-electron chi connectivity index (χ0n) is 14.2. The number of aryl methyl sites for hydroxylation is 2. The van der Waals surface area contributed by atoms with Gasteiger partial charge in [0.15, 0.2) is 0 Å². The number of hydrogen-bond donors (Lipinski definition) is 2. The summed E-state index contributed by atoms with van der Waals surface area (Å²) in [5, 5.41) is 17.7. The molecule has 3 aromatic rings. The molecule has 7 nitrogen and oxygen atoms in total. The molecule has 0 fully saturated rings. The fourth-order valence-corrected chi connectivity index (χ4v) is 2.85. The van der Waals surface area contributed by atoms with Crippen molar-refractivity contribution in [1.29, 1.82) is 0 Å². The van der Waals surface area contributed by atoms with E-state index in [1.54, 1.807) is 12.1 Å². The van der Waals surface area contributed by atoms with Gasteiger partial charge in [-0.2, -0.15) is 0 Å². The zero-order valence-corrected chi connectivity index (χ0v) is 15.7. The van der Waals surface area contributed by atoms with E-state index in [0.717, 1.165) is 21.3 Å². The summed E-state index contributed by atoms with van der Waals surface area (Å²) in [7, 11) is 0. The highest BCUT2D eigenvalue weighted by Crippen LogP contribution is 2.33. The minimum absolute atomic E-state index is 0.124. The Morgan fingerprint density at radius 1 is 0.923 bits per heavy atom. The standard InChI is InChI=1S/C18H16BrN5O2/c1-11-7-12(2)9-15(8-11)23-18-16(24(25)26)17(20-10-21-18)22-14-5-3-13(19)4-6-14/h3-10H,1-2H3,(H2,20,21,22,23). The van der Waals surface area contributed by atoms with Crippen LogP contribution in [0.15, 0.2) is 53.3 Å². The summed E-state index contributed by atoms with van der Waals surface area (Å²) in [4.78, 5) is 19.3. The fraction of sp³-hybridized carbons (Fsp3) is 0.111. The van der Waals surface area contributed by atoms with E-state index in [2.05, 4.69) is 36.5 Å². The lowest BCUT2D eigenvalue weighted by molar-refractivity contribution is -0.383. The van der Waals surface area contributed by atoms with Crippen molar-refractivity contribution < 1.29 is 4.92 Å². The molecule has 2 aromatic carbocycles. The maximum absolute atomic E-state index is 11.6. The van der Waals surface area contributed by atoms with E-state index in [9.17, 15) is 10.1 Å². The number of nitrogens with zero attached hydrogens (tertiary/aromatic N) is 3. The molecule has 0 radical (unpaired) electrons. The molecule has 0 spiro atoms. The molecule has 0 aliphatic rings. The average Bonchev–Trinajstić information content (AvgIpc) is 2.56. The van der Waals surface area contributed by atoms with Crippen LogP contribution in [0.25, 0.3) is 0 Å². The first kappa shape index (κ1) is 17.8. The number of benzene rings is 2. The Hall–Kier alpha value is -3.00. The molecule has 26 heavy (non-hydrogen) atoms. The third kappa shape index (κ3) is 4.15. The molecular formula is C18H16BrN5O2. The van der Waals surface area contributed by atoms with E-state index in [1.807, 2.05) is 44.2 Å². The van der Waals surface area contributed by atoms with Crippen LogP contribution in [0.4, 0.5) is 28.7 Å². The van der Waals surface area contributed by atoms with Crippen molar-refractivity contribution in [3.8, 4) is 0 Å². The Morgan fingerprint density at radius 2 is 1.46 bits per heavy atom. The van der Waals surface area contributed by atoms with Crippen molar-refractivity contribution in [3.63, 3.8) is 0 Å². The summed E-state index contributed by atoms with van der Waals surface area (Å²) in [5.74, 6) is 0.258. The SMILES string of the molecule is Cc1cc(C)cc(Nc2ncnc(Nc3ccc(Br)cc3)c2[N+](=O)[O-])c1. The first-order valence-corrected chi connectivity index (χ1v) is 8.59. The largest absolute Gasteiger partial charge is 0.353 e. The highest BCUT2D eigenvalue weighted by Gasteiger charge is 2.23. The van der Waals surface area contributed by atoms with E-state index in [1.165, 1.54) is 6.33 Å². The minimum Gasteiger partial charge on any atom is -0.334 e. The molecule has 0 bridgehead atoms. The van der Waals surface area contributed by atoms with Crippen molar-refractivity contribution >= 4 is 44.6 Å². The van der Waals surface area contributed by atoms with Crippen molar-refractivity contribution in [3.05, 3.63) is 74.5 Å². The third-order valence-corrected chi connectivity index (χ3v) is 4.12. The van der Waals surface area contributed by atoms with Crippen LogP contribution in [0.2, 0.25) is 0 Å². The second-order valence-electron chi connectivity index (χ2n) is 5.81. The van der Waals surface area contributed by atoms with Crippen LogP contribution in [0.5, 0.6) is 0 Å². The maximum atomic E-state index is 11.6. The Bertz CT molecular complexity index is 940. The highest BCUT2D eigenvalue weighted by molar-refractivity contribution is 9.10. The second kappa shape index (κ2) is 7.49. The predicted molar refractivity (Wildman–Crippen MR) is 105 cm³/mol. The van der Waals surface area contributed by atoms with Crippen molar-refractivity contribution in [1.82, 2.24) is 9.97 Å². The van der Waals surface area contributed by atoms with E-state index in [-0.39, 0.29) is 17.3 Å². The number of halogens is 1. The number of nitrogens with one attached hydrogen (secondary N) is 2. The zero-order chi connectivity index (χ0) is 18.7. The molecule has 0 amide bonds. The molecule has 0 atom stereocenters. The van der Waals surface area contributed by atoms with E-state index in [0.29, 0.717) is 5.69 Å². The number of anilines is 4. The van der Waals surface area contributed by atoms with Gasteiger partial charge >= 0.3 is 5.69 Å². The summed E-state index contributed by atoms with van der Waals surface area (Å²) in [5.41, 5.74) is 3.32. The van der Waals surface area contributed by atoms with E-state index < -0.39 is 4.92 Å². The normalized spacial score (nSPS) is 10.4. The smallest absolute Gasteiger partial charge is 0.334 e. The van der Waals surface area contributed by atoms with Gasteiger partial charge in [0.05, 0.1) is 4.92 Å². The molecule has 8 heteroatoms. The van der Waals surface area contributed by atoms with Crippen LogP contribution in [0.1, 0.15) is 11.1 Å². The summed E-state index contributed by atoms with van der Waals surface area (Å²) in [6, 6.07) is 13.1. The van der Waals surface area contributed by atoms with Crippen LogP contribution in [-0.2, 0) is 0 Å². The summed E-state index contributed by atoms with van der Waals surface area (Å²) in [6.45, 7) is 3.93. The van der Waals surface area contributed by atoms with Gasteiger partial charge in [0.2, 0.25) is 11.6 Å². The van der Waals surface area contributed by atoms with Gasteiger partial charge in [-0.25, -0.2) is 9.97 Å². The number of nitro groups is 1.